The van der Waals surface area contributed by atoms with E-state index in [-0.39, 0.29) is 24.5 Å². The summed E-state index contributed by atoms with van der Waals surface area (Å²) in [7, 11) is -4.87. The highest BCUT2D eigenvalue weighted by Crippen LogP contribution is 2.37. The molecule has 1 aromatic carbocycles. The number of anilines is 3. The van der Waals surface area contributed by atoms with Gasteiger partial charge in [-0.05, 0) is 57.1 Å². The average Bonchev–Trinajstić information content (AvgIpc) is 3.45. The number of nitrogens with two attached hydrogens (primary N) is 1. The van der Waals surface area contributed by atoms with Gasteiger partial charge in [0, 0.05) is 18.6 Å². The van der Waals surface area contributed by atoms with Gasteiger partial charge in [0.05, 0.1) is 24.7 Å². The minimum Gasteiger partial charge on any atom is -0.396 e. The molecule has 15 heteroatoms. The standard InChI is InChI=1S/C14H18N6O.C14H20NO6P/c15-14-18-12(17-9-2-3-9)11-13(19-14)20(7-16-11)10-4-1-8(5-10)6-21;1-11(14(16)21-22(17,18)19)15(13-8-3-2-4-9-13)20-10-12-6-5-7-12/h1,4,7-10,21H,2-3,5-6H2,(H3,15,17,18,19);2-4,8-9,11-12H,5-7,10H2,1H3,(H2,17,18,19)/t8-,10+;11-/m10/s1. The van der Waals surface area contributed by atoms with E-state index in [9.17, 15) is 14.5 Å². The number of benzene rings is 1. The van der Waals surface area contributed by atoms with Crippen molar-refractivity contribution in [3.63, 3.8) is 0 Å². The summed E-state index contributed by atoms with van der Waals surface area (Å²) in [6, 6.07) is 8.57. The summed E-state index contributed by atoms with van der Waals surface area (Å²) in [6.45, 7) is 2.11. The highest BCUT2D eigenvalue weighted by atomic mass is 31.2. The van der Waals surface area contributed by atoms with Crippen LogP contribution >= 0.6 is 7.82 Å². The Bertz CT molecular complexity index is 1470. The zero-order valence-corrected chi connectivity index (χ0v) is 24.8. The number of phosphoric acid groups is 1. The molecule has 14 nitrogen and oxygen atoms in total. The first-order valence-electron chi connectivity index (χ1n) is 14.4. The van der Waals surface area contributed by atoms with E-state index in [1.54, 1.807) is 30.6 Å². The number of aromatic nitrogens is 4. The Morgan fingerprint density at radius 2 is 1.93 bits per heavy atom. The molecule has 3 atom stereocenters. The van der Waals surface area contributed by atoms with Crippen LogP contribution in [0.2, 0.25) is 0 Å². The van der Waals surface area contributed by atoms with Crippen molar-refractivity contribution >= 4 is 42.4 Å². The van der Waals surface area contributed by atoms with Crippen LogP contribution in [0.5, 0.6) is 0 Å². The van der Waals surface area contributed by atoms with E-state index < -0.39 is 19.8 Å². The number of allylic oxidation sites excluding steroid dienone is 1. The fourth-order valence-electron chi connectivity index (χ4n) is 4.91. The highest BCUT2D eigenvalue weighted by Gasteiger charge is 2.31. The van der Waals surface area contributed by atoms with Crippen molar-refractivity contribution in [1.29, 1.82) is 0 Å². The van der Waals surface area contributed by atoms with Gasteiger partial charge in [-0.25, -0.2) is 19.4 Å². The minimum atomic E-state index is -4.87. The molecule has 0 amide bonds. The molecule has 43 heavy (non-hydrogen) atoms. The summed E-state index contributed by atoms with van der Waals surface area (Å²) in [5, 5.41) is 14.0. The third-order valence-electron chi connectivity index (χ3n) is 7.68. The first-order valence-corrected chi connectivity index (χ1v) is 16.0. The Labute approximate surface area is 249 Å². The van der Waals surface area contributed by atoms with E-state index in [1.165, 1.54) is 18.4 Å². The molecule has 2 saturated carbocycles. The van der Waals surface area contributed by atoms with Gasteiger partial charge in [-0.1, -0.05) is 36.8 Å². The SMILES string of the molecule is C[C@@H](C(=O)OP(=O)(O)O)N(OCC1CCC1)c1ccccc1.Nc1nc(NC2CC2)c2ncn([C@H]3C=C[C@@H](CO)C3)c2n1. The third-order valence-corrected chi connectivity index (χ3v) is 8.10. The van der Waals surface area contributed by atoms with Crippen LogP contribution in [0.1, 0.15) is 51.5 Å². The number of carbonyl (C=O) groups is 1. The minimum absolute atomic E-state index is 0.162. The second kappa shape index (κ2) is 13.4. The summed E-state index contributed by atoms with van der Waals surface area (Å²) < 4.78 is 17.0. The predicted octanol–water partition coefficient (Wildman–Crippen LogP) is 3.34. The normalized spacial score (nSPS) is 20.7. The van der Waals surface area contributed by atoms with Crippen LogP contribution in [0.15, 0.2) is 48.8 Å². The number of hydrogen-bond donors (Lipinski definition) is 5. The van der Waals surface area contributed by atoms with Crippen molar-refractivity contribution in [3.05, 3.63) is 48.8 Å². The van der Waals surface area contributed by atoms with Crippen LogP contribution in [-0.4, -0.2) is 65.7 Å². The van der Waals surface area contributed by atoms with E-state index in [4.69, 9.17) is 20.4 Å². The number of nitrogens with one attached hydrogen (secondary N) is 1. The molecular formula is C28H38N7O7P. The Morgan fingerprint density at radius 3 is 2.53 bits per heavy atom. The molecule has 0 radical (unpaired) electrons. The molecule has 3 aliphatic carbocycles. The fraction of sp³-hybridized carbons (Fsp3) is 0.500. The topological polar surface area (TPSA) is 198 Å². The first kappa shape index (κ1) is 30.9. The maximum atomic E-state index is 11.9. The van der Waals surface area contributed by atoms with Crippen molar-refractivity contribution in [1.82, 2.24) is 19.5 Å². The van der Waals surface area contributed by atoms with Crippen molar-refractivity contribution in [2.75, 3.05) is 29.3 Å². The number of para-hydroxylation sites is 1. The molecule has 3 aliphatic rings. The van der Waals surface area contributed by atoms with E-state index in [2.05, 4.69) is 30.9 Å². The van der Waals surface area contributed by atoms with Crippen LogP contribution in [0.3, 0.4) is 0 Å². The smallest absolute Gasteiger partial charge is 0.396 e. The van der Waals surface area contributed by atoms with Crippen LogP contribution in [0.4, 0.5) is 17.5 Å². The molecular weight excluding hydrogens is 577 g/mol. The molecule has 3 aromatic rings. The Balaban J connectivity index is 0.000000171. The second-order valence-corrected chi connectivity index (χ2v) is 12.3. The third kappa shape index (κ3) is 8.09. The number of hydrogen-bond acceptors (Lipinski definition) is 11. The predicted molar refractivity (Wildman–Crippen MR) is 160 cm³/mol. The lowest BCUT2D eigenvalue weighted by molar-refractivity contribution is -0.139. The average molecular weight is 616 g/mol. The number of carbonyl (C=O) groups excluding carboxylic acids is 1. The van der Waals surface area contributed by atoms with Crippen LogP contribution in [-0.2, 0) is 18.7 Å². The molecule has 2 fully saturated rings. The van der Waals surface area contributed by atoms with Crippen LogP contribution in [0.25, 0.3) is 11.2 Å². The molecule has 0 unspecified atom stereocenters. The number of aliphatic hydroxyl groups excluding tert-OH is 1. The summed E-state index contributed by atoms with van der Waals surface area (Å²) in [6.07, 6.45) is 12.5. The van der Waals surface area contributed by atoms with E-state index >= 15 is 0 Å². The molecule has 6 rings (SSSR count). The number of aliphatic hydroxyl groups is 1. The van der Waals surface area contributed by atoms with Gasteiger partial charge in [-0.2, -0.15) is 9.97 Å². The van der Waals surface area contributed by atoms with E-state index in [0.717, 1.165) is 49.1 Å². The summed E-state index contributed by atoms with van der Waals surface area (Å²) in [5.74, 6) is 0.602. The van der Waals surface area contributed by atoms with Crippen molar-refractivity contribution in [3.8, 4) is 0 Å². The molecule has 6 N–H and O–H groups in total. The van der Waals surface area contributed by atoms with Gasteiger partial charge in [0.25, 0.3) is 0 Å². The van der Waals surface area contributed by atoms with Gasteiger partial charge < -0.3 is 25.2 Å². The molecule has 2 heterocycles. The lowest BCUT2D eigenvalue weighted by atomic mass is 9.86. The van der Waals surface area contributed by atoms with Gasteiger partial charge in [0.2, 0.25) is 5.95 Å². The van der Waals surface area contributed by atoms with Gasteiger partial charge in [-0.15, -0.1) is 0 Å². The molecule has 0 saturated heterocycles. The largest absolute Gasteiger partial charge is 0.527 e. The van der Waals surface area contributed by atoms with Crippen molar-refractivity contribution < 1.29 is 33.6 Å². The number of hydroxylamine groups is 1. The Kier molecular flexibility index (Phi) is 9.62. The summed E-state index contributed by atoms with van der Waals surface area (Å²) in [5.41, 5.74) is 7.97. The highest BCUT2D eigenvalue weighted by molar-refractivity contribution is 7.46. The van der Waals surface area contributed by atoms with Gasteiger partial charge in [0.1, 0.15) is 0 Å². The quantitative estimate of drug-likeness (QED) is 0.120. The van der Waals surface area contributed by atoms with Crippen LogP contribution in [0, 0.1) is 11.8 Å². The Morgan fingerprint density at radius 1 is 1.19 bits per heavy atom. The maximum Gasteiger partial charge on any atom is 0.527 e. The zero-order chi connectivity index (χ0) is 30.6. The van der Waals surface area contributed by atoms with Gasteiger partial charge in [-0.3, -0.25) is 14.6 Å². The van der Waals surface area contributed by atoms with E-state index in [0.29, 0.717) is 24.3 Å². The van der Waals surface area contributed by atoms with Gasteiger partial charge in [0.15, 0.2) is 23.0 Å². The Hall–Kier alpha value is -3.55. The van der Waals surface area contributed by atoms with Crippen molar-refractivity contribution in [2.24, 2.45) is 11.8 Å². The number of rotatable bonds is 11. The van der Waals surface area contributed by atoms with Crippen molar-refractivity contribution in [2.45, 2.75) is 63.6 Å². The molecule has 232 valence electrons. The number of nitrogens with zero attached hydrogens (tertiary/aromatic N) is 5. The lowest BCUT2D eigenvalue weighted by Gasteiger charge is -2.32. The number of fused-ring (bicyclic) bond motifs is 1. The number of imidazole rings is 1. The summed E-state index contributed by atoms with van der Waals surface area (Å²) in [4.78, 5) is 48.2. The monoisotopic (exact) mass is 615 g/mol. The fourth-order valence-corrected chi connectivity index (χ4v) is 5.30. The summed E-state index contributed by atoms with van der Waals surface area (Å²) >= 11 is 0. The van der Waals surface area contributed by atoms with Gasteiger partial charge >= 0.3 is 13.8 Å². The molecule has 2 aromatic heterocycles. The zero-order valence-electron chi connectivity index (χ0n) is 23.9. The molecule has 0 aliphatic heterocycles. The lowest BCUT2D eigenvalue weighted by Crippen LogP contribution is -2.41. The number of phosphoric ester groups is 1. The van der Waals surface area contributed by atoms with Crippen LogP contribution < -0.4 is 16.1 Å². The first-order chi connectivity index (χ1) is 20.6. The molecule has 0 spiro atoms. The maximum absolute atomic E-state index is 11.9. The number of nitrogen functional groups attached to an aromatic ring is 1. The van der Waals surface area contributed by atoms with E-state index in [1.807, 2.05) is 16.7 Å². The second-order valence-electron chi connectivity index (χ2n) is 11.1. The molecule has 0 bridgehead atoms.